The monoisotopic (exact) mass is 458 g/mol. The van der Waals surface area contributed by atoms with Gasteiger partial charge in [-0.05, 0) is 24.1 Å². The van der Waals surface area contributed by atoms with Crippen molar-refractivity contribution in [3.8, 4) is 0 Å². The summed E-state index contributed by atoms with van der Waals surface area (Å²) in [5.74, 6) is -0.268. The Bertz CT molecular complexity index is 1110. The van der Waals surface area contributed by atoms with E-state index in [9.17, 15) is 27.6 Å². The van der Waals surface area contributed by atoms with Crippen LogP contribution in [0.15, 0.2) is 54.6 Å². The second kappa shape index (κ2) is 7.79. The van der Waals surface area contributed by atoms with Gasteiger partial charge in [0.1, 0.15) is 6.04 Å². The van der Waals surface area contributed by atoms with Crippen LogP contribution in [0.5, 0.6) is 0 Å². The van der Waals surface area contributed by atoms with Crippen LogP contribution in [-0.4, -0.2) is 64.4 Å². The van der Waals surface area contributed by atoms with Gasteiger partial charge in [0.15, 0.2) is 0 Å². The van der Waals surface area contributed by atoms with Gasteiger partial charge >= 0.3 is 18.2 Å². The molecule has 172 valence electrons. The molecule has 2 heterocycles. The number of nitrogens with zero attached hydrogens (tertiary/aromatic N) is 3. The van der Waals surface area contributed by atoms with E-state index >= 15 is 0 Å². The number of urea groups is 2. The van der Waals surface area contributed by atoms with Gasteiger partial charge in [-0.1, -0.05) is 42.5 Å². The molecule has 2 saturated heterocycles. The molecule has 10 heteroatoms. The van der Waals surface area contributed by atoms with Gasteiger partial charge in [-0.25, -0.2) is 9.59 Å². The number of carbonyl (C=O) groups excluding carboxylic acids is 3. The lowest BCUT2D eigenvalue weighted by molar-refractivity contribution is -0.137. The third kappa shape index (κ3) is 3.79. The SMILES string of the molecule is O=C(Nc1ccccc1C(F)(F)F)N1CCN2C(=O)N([C@@H]3C[C@H]3c3ccccc3)C(=O)C2C1. The van der Waals surface area contributed by atoms with Crippen molar-refractivity contribution in [2.75, 3.05) is 25.0 Å². The van der Waals surface area contributed by atoms with Gasteiger partial charge < -0.3 is 15.1 Å². The zero-order valence-corrected chi connectivity index (χ0v) is 17.5. The highest BCUT2D eigenvalue weighted by molar-refractivity contribution is 6.05. The fourth-order valence-corrected chi connectivity index (χ4v) is 4.67. The summed E-state index contributed by atoms with van der Waals surface area (Å²) >= 11 is 0. The van der Waals surface area contributed by atoms with Crippen LogP contribution in [0.25, 0.3) is 0 Å². The molecule has 1 N–H and O–H groups in total. The Hall–Kier alpha value is -3.56. The van der Waals surface area contributed by atoms with Crippen molar-refractivity contribution in [2.45, 2.75) is 30.6 Å². The van der Waals surface area contributed by atoms with Crippen molar-refractivity contribution in [1.82, 2.24) is 14.7 Å². The summed E-state index contributed by atoms with van der Waals surface area (Å²) < 4.78 is 39.7. The third-order valence-electron chi connectivity index (χ3n) is 6.43. The minimum Gasteiger partial charge on any atom is -0.320 e. The minimum absolute atomic E-state index is 0.0657. The van der Waals surface area contributed by atoms with E-state index in [-0.39, 0.29) is 49.2 Å². The van der Waals surface area contributed by atoms with E-state index in [0.717, 1.165) is 11.6 Å². The number of benzene rings is 2. The number of rotatable bonds is 3. The van der Waals surface area contributed by atoms with E-state index in [1.54, 1.807) is 0 Å². The summed E-state index contributed by atoms with van der Waals surface area (Å²) in [6, 6.07) is 12.2. The second-order valence-corrected chi connectivity index (χ2v) is 8.44. The minimum atomic E-state index is -4.61. The summed E-state index contributed by atoms with van der Waals surface area (Å²) in [5.41, 5.74) is -0.232. The highest BCUT2D eigenvalue weighted by Gasteiger charge is 2.56. The highest BCUT2D eigenvalue weighted by Crippen LogP contribution is 2.47. The number of carbonyl (C=O) groups is 3. The molecule has 0 bridgehead atoms. The van der Waals surface area contributed by atoms with Gasteiger partial charge in [0.25, 0.3) is 5.91 Å². The molecule has 1 unspecified atom stereocenters. The molecular weight excluding hydrogens is 437 g/mol. The van der Waals surface area contributed by atoms with Crippen LogP contribution in [-0.2, 0) is 11.0 Å². The van der Waals surface area contributed by atoms with Crippen LogP contribution in [0.3, 0.4) is 0 Å². The lowest BCUT2D eigenvalue weighted by Gasteiger charge is -2.35. The first-order valence-corrected chi connectivity index (χ1v) is 10.7. The molecule has 2 aliphatic heterocycles. The van der Waals surface area contributed by atoms with Crippen LogP contribution in [0.1, 0.15) is 23.5 Å². The number of amides is 5. The fourth-order valence-electron chi connectivity index (χ4n) is 4.67. The van der Waals surface area contributed by atoms with Crippen LogP contribution in [0.2, 0.25) is 0 Å². The molecule has 2 aromatic carbocycles. The summed E-state index contributed by atoms with van der Waals surface area (Å²) in [7, 11) is 0. The number of alkyl halides is 3. The van der Waals surface area contributed by atoms with E-state index in [1.165, 1.54) is 32.9 Å². The maximum absolute atomic E-state index is 13.2. The van der Waals surface area contributed by atoms with Crippen LogP contribution in [0, 0.1) is 0 Å². The summed E-state index contributed by atoms with van der Waals surface area (Å²) in [5, 5.41) is 2.31. The molecule has 0 aromatic heterocycles. The van der Waals surface area contributed by atoms with Crippen molar-refractivity contribution in [2.24, 2.45) is 0 Å². The topological polar surface area (TPSA) is 73.0 Å². The Balaban J connectivity index is 1.27. The van der Waals surface area contributed by atoms with Crippen molar-refractivity contribution >= 4 is 23.7 Å². The highest BCUT2D eigenvalue weighted by atomic mass is 19.4. The average molecular weight is 458 g/mol. The first kappa shape index (κ1) is 21.3. The largest absolute Gasteiger partial charge is 0.418 e. The summed E-state index contributed by atoms with van der Waals surface area (Å²) in [6.07, 6.45) is -3.92. The Kier molecular flexibility index (Phi) is 5.02. The number of hydrogen-bond donors (Lipinski definition) is 1. The van der Waals surface area contributed by atoms with Gasteiger partial charge in [0.2, 0.25) is 0 Å². The molecule has 1 saturated carbocycles. The lowest BCUT2D eigenvalue weighted by Crippen LogP contribution is -2.55. The Morgan fingerprint density at radius 2 is 1.67 bits per heavy atom. The standard InChI is InChI=1S/C23H21F3N4O3/c24-23(25,26)16-8-4-5-9-17(16)27-21(32)28-10-11-29-19(13-28)20(31)30(22(29)33)18-12-15(18)14-6-2-1-3-7-14/h1-9,15,18-19H,10-13H2,(H,27,32)/t15-,18+,19?/m0/s1. The predicted octanol–water partition coefficient (Wildman–Crippen LogP) is 3.74. The van der Waals surface area contributed by atoms with Gasteiger partial charge in [0, 0.05) is 25.0 Å². The molecular formula is C23H21F3N4O3. The van der Waals surface area contributed by atoms with Crippen molar-refractivity contribution < 1.29 is 27.6 Å². The van der Waals surface area contributed by atoms with E-state index in [4.69, 9.17) is 0 Å². The van der Waals surface area contributed by atoms with Crippen LogP contribution >= 0.6 is 0 Å². The normalized spacial score (nSPS) is 24.7. The maximum Gasteiger partial charge on any atom is 0.418 e. The van der Waals surface area contributed by atoms with Crippen LogP contribution < -0.4 is 5.32 Å². The number of halogens is 3. The maximum atomic E-state index is 13.2. The summed E-state index contributed by atoms with van der Waals surface area (Å²) in [6.45, 7) is 0.197. The van der Waals surface area contributed by atoms with Crippen molar-refractivity contribution in [3.05, 3.63) is 65.7 Å². The van der Waals surface area contributed by atoms with Crippen molar-refractivity contribution in [1.29, 1.82) is 0 Å². The molecule has 5 rings (SSSR count). The third-order valence-corrected chi connectivity index (χ3v) is 6.43. The molecule has 0 spiro atoms. The van der Waals surface area contributed by atoms with Gasteiger partial charge in [-0.2, -0.15) is 13.2 Å². The number of hydrogen-bond acceptors (Lipinski definition) is 3. The van der Waals surface area contributed by atoms with Gasteiger partial charge in [-0.15, -0.1) is 0 Å². The number of piperazine rings is 1. The fraction of sp³-hybridized carbons (Fsp3) is 0.348. The molecule has 0 radical (unpaired) electrons. The predicted molar refractivity (Wildman–Crippen MR) is 112 cm³/mol. The molecule has 3 atom stereocenters. The van der Waals surface area contributed by atoms with E-state index in [2.05, 4.69) is 5.32 Å². The molecule has 7 nitrogen and oxygen atoms in total. The van der Waals surface area contributed by atoms with Crippen LogP contribution in [0.4, 0.5) is 28.4 Å². The molecule has 5 amide bonds. The van der Waals surface area contributed by atoms with Crippen molar-refractivity contribution in [3.63, 3.8) is 0 Å². The Morgan fingerprint density at radius 3 is 2.39 bits per heavy atom. The Labute approximate surface area is 187 Å². The van der Waals surface area contributed by atoms with E-state index in [1.807, 2.05) is 30.3 Å². The number of nitrogens with one attached hydrogen (secondary N) is 1. The first-order valence-electron chi connectivity index (χ1n) is 10.7. The molecule has 33 heavy (non-hydrogen) atoms. The summed E-state index contributed by atoms with van der Waals surface area (Å²) in [4.78, 5) is 42.7. The van der Waals surface area contributed by atoms with Gasteiger partial charge in [-0.3, -0.25) is 9.69 Å². The zero-order valence-electron chi connectivity index (χ0n) is 17.5. The molecule has 3 fully saturated rings. The second-order valence-electron chi connectivity index (χ2n) is 8.44. The zero-order chi connectivity index (χ0) is 23.3. The number of fused-ring (bicyclic) bond motifs is 1. The number of para-hydroxylation sites is 1. The quantitative estimate of drug-likeness (QED) is 0.713. The van der Waals surface area contributed by atoms with E-state index < -0.39 is 23.8 Å². The Morgan fingerprint density at radius 1 is 0.970 bits per heavy atom. The first-order chi connectivity index (χ1) is 15.8. The number of anilines is 1. The lowest BCUT2D eigenvalue weighted by atomic mass is 10.1. The van der Waals surface area contributed by atoms with E-state index in [0.29, 0.717) is 6.42 Å². The molecule has 1 aliphatic carbocycles. The smallest absolute Gasteiger partial charge is 0.320 e. The molecule has 3 aliphatic rings. The van der Waals surface area contributed by atoms with Gasteiger partial charge in [0.05, 0.1) is 17.8 Å². The molecule has 2 aromatic rings. The number of imide groups is 1. The average Bonchev–Trinajstić information content (AvgIpc) is 3.54.